The van der Waals surface area contributed by atoms with Crippen molar-refractivity contribution in [1.29, 1.82) is 0 Å². The van der Waals surface area contributed by atoms with Crippen molar-refractivity contribution in [2.45, 2.75) is 12.8 Å². The second kappa shape index (κ2) is 6.05. The fraction of sp³-hybridized carbons (Fsp3) is 0.176. The molecule has 0 aliphatic carbocycles. The highest BCUT2D eigenvalue weighted by atomic mass is 35.5. The van der Waals surface area contributed by atoms with Gasteiger partial charge in [-0.25, -0.2) is 13.2 Å². The Bertz CT molecular complexity index is 738. The molecule has 0 aromatic heterocycles. The Morgan fingerprint density at radius 3 is 2.41 bits per heavy atom. The summed E-state index contributed by atoms with van der Waals surface area (Å²) in [6, 6.07) is 7.96. The van der Waals surface area contributed by atoms with Crippen molar-refractivity contribution in [3.63, 3.8) is 0 Å². The largest absolute Gasteiger partial charge is 0.384 e. The normalized spacial score (nSPS) is 14.9. The van der Waals surface area contributed by atoms with Gasteiger partial charge < -0.3 is 5.32 Å². The van der Waals surface area contributed by atoms with Crippen LogP contribution in [-0.4, -0.2) is 6.54 Å². The number of hydrogen-bond donors (Lipinski definition) is 1. The fourth-order valence-electron chi connectivity index (χ4n) is 2.65. The molecule has 0 radical (unpaired) electrons. The average molecular weight is 324 g/mol. The molecule has 3 rings (SSSR count). The number of rotatable bonds is 2. The third kappa shape index (κ3) is 2.83. The van der Waals surface area contributed by atoms with Crippen molar-refractivity contribution in [2.24, 2.45) is 0 Å². The van der Waals surface area contributed by atoms with Gasteiger partial charge in [0, 0.05) is 23.9 Å². The van der Waals surface area contributed by atoms with Crippen LogP contribution in [0.1, 0.15) is 24.0 Å². The van der Waals surface area contributed by atoms with Crippen LogP contribution < -0.4 is 5.32 Å². The second-order valence-corrected chi connectivity index (χ2v) is 5.52. The summed E-state index contributed by atoms with van der Waals surface area (Å²) in [6.45, 7) is 0.742. The van der Waals surface area contributed by atoms with Crippen LogP contribution in [0.4, 0.5) is 13.2 Å². The highest BCUT2D eigenvalue weighted by molar-refractivity contribution is 6.32. The van der Waals surface area contributed by atoms with E-state index in [4.69, 9.17) is 11.6 Å². The highest BCUT2D eigenvalue weighted by Gasteiger charge is 2.20. The maximum Gasteiger partial charge on any atom is 0.145 e. The fourth-order valence-corrected chi connectivity index (χ4v) is 2.87. The Kier molecular flexibility index (Phi) is 4.12. The molecular formula is C17H13ClF3N. The predicted molar refractivity (Wildman–Crippen MR) is 81.8 cm³/mol. The quantitative estimate of drug-likeness (QED) is 0.766. The van der Waals surface area contributed by atoms with Crippen LogP contribution in [-0.2, 0) is 0 Å². The van der Waals surface area contributed by atoms with E-state index < -0.39 is 11.6 Å². The summed E-state index contributed by atoms with van der Waals surface area (Å²) < 4.78 is 40.4. The van der Waals surface area contributed by atoms with E-state index in [2.05, 4.69) is 5.32 Å². The zero-order valence-electron chi connectivity index (χ0n) is 11.6. The summed E-state index contributed by atoms with van der Waals surface area (Å²) in [5, 5.41) is 3.13. The summed E-state index contributed by atoms with van der Waals surface area (Å²) in [4.78, 5) is 0. The van der Waals surface area contributed by atoms with E-state index in [9.17, 15) is 13.2 Å². The molecule has 0 fully saturated rings. The molecule has 1 nitrogen and oxygen atoms in total. The van der Waals surface area contributed by atoms with Crippen LogP contribution in [0.3, 0.4) is 0 Å². The van der Waals surface area contributed by atoms with Gasteiger partial charge in [0.05, 0.1) is 5.02 Å². The first-order valence-electron chi connectivity index (χ1n) is 6.94. The van der Waals surface area contributed by atoms with Crippen LogP contribution in [0.2, 0.25) is 5.02 Å². The lowest BCUT2D eigenvalue weighted by Gasteiger charge is -2.23. The minimum Gasteiger partial charge on any atom is -0.384 e. The molecule has 2 aromatic carbocycles. The highest BCUT2D eigenvalue weighted by Crippen LogP contribution is 2.36. The number of benzene rings is 2. The van der Waals surface area contributed by atoms with Crippen molar-refractivity contribution in [1.82, 2.24) is 5.32 Å². The minimum absolute atomic E-state index is 0.0975. The van der Waals surface area contributed by atoms with Crippen molar-refractivity contribution in [3.05, 3.63) is 70.0 Å². The molecule has 22 heavy (non-hydrogen) atoms. The van der Waals surface area contributed by atoms with Gasteiger partial charge >= 0.3 is 0 Å². The second-order valence-electron chi connectivity index (χ2n) is 5.14. The zero-order valence-corrected chi connectivity index (χ0v) is 12.4. The van der Waals surface area contributed by atoms with E-state index in [1.165, 1.54) is 18.2 Å². The molecule has 1 heterocycles. The third-order valence-corrected chi connectivity index (χ3v) is 4.04. The molecule has 1 aliphatic heterocycles. The number of nitrogens with one attached hydrogen (secondary N) is 1. The molecule has 0 spiro atoms. The Morgan fingerprint density at radius 2 is 1.68 bits per heavy atom. The Morgan fingerprint density at radius 1 is 0.955 bits per heavy atom. The molecule has 0 saturated carbocycles. The van der Waals surface area contributed by atoms with Gasteiger partial charge in [0.1, 0.15) is 17.5 Å². The van der Waals surface area contributed by atoms with Gasteiger partial charge in [0.2, 0.25) is 0 Å². The average Bonchev–Trinajstić information content (AvgIpc) is 2.52. The standard InChI is InChI=1S/C17H13ClF3N/c18-16-14(8-12(20)9-15(16)21)13-2-1-7-22-17(13)10-3-5-11(19)6-4-10/h3-6,8-9,22H,1-2,7H2. The molecule has 0 atom stereocenters. The molecule has 114 valence electrons. The maximum atomic E-state index is 13.7. The van der Waals surface area contributed by atoms with Crippen molar-refractivity contribution in [3.8, 4) is 0 Å². The topological polar surface area (TPSA) is 12.0 Å². The zero-order chi connectivity index (χ0) is 15.7. The van der Waals surface area contributed by atoms with Crippen LogP contribution in [0.5, 0.6) is 0 Å². The lowest BCUT2D eigenvalue weighted by atomic mass is 9.92. The molecular weight excluding hydrogens is 311 g/mol. The van der Waals surface area contributed by atoms with Crippen LogP contribution in [0, 0.1) is 17.5 Å². The van der Waals surface area contributed by atoms with E-state index in [1.807, 2.05) is 0 Å². The number of hydrogen-bond acceptors (Lipinski definition) is 1. The van der Waals surface area contributed by atoms with Crippen LogP contribution in [0.15, 0.2) is 36.4 Å². The Hall–Kier alpha value is -1.94. The van der Waals surface area contributed by atoms with E-state index >= 15 is 0 Å². The van der Waals surface area contributed by atoms with Gasteiger partial charge in [-0.15, -0.1) is 0 Å². The van der Waals surface area contributed by atoms with E-state index in [-0.39, 0.29) is 10.8 Å². The van der Waals surface area contributed by atoms with Crippen LogP contribution >= 0.6 is 11.6 Å². The summed E-state index contributed by atoms with van der Waals surface area (Å²) in [6.07, 6.45) is 1.47. The van der Waals surface area contributed by atoms with E-state index in [0.717, 1.165) is 35.9 Å². The first-order chi connectivity index (χ1) is 10.6. The molecule has 2 aromatic rings. The monoisotopic (exact) mass is 323 g/mol. The van der Waals surface area contributed by atoms with Gasteiger partial charge in [-0.05, 0) is 54.3 Å². The van der Waals surface area contributed by atoms with Crippen molar-refractivity contribution >= 4 is 22.9 Å². The molecule has 5 heteroatoms. The van der Waals surface area contributed by atoms with E-state index in [0.29, 0.717) is 12.0 Å². The van der Waals surface area contributed by atoms with Gasteiger partial charge in [-0.3, -0.25) is 0 Å². The predicted octanol–water partition coefficient (Wildman–Crippen LogP) is 5.01. The smallest absolute Gasteiger partial charge is 0.145 e. The van der Waals surface area contributed by atoms with Crippen molar-refractivity contribution < 1.29 is 13.2 Å². The van der Waals surface area contributed by atoms with Gasteiger partial charge in [0.25, 0.3) is 0 Å². The molecule has 0 saturated heterocycles. The van der Waals surface area contributed by atoms with E-state index in [1.54, 1.807) is 12.1 Å². The summed E-state index contributed by atoms with van der Waals surface area (Å²) in [5.41, 5.74) is 2.57. The van der Waals surface area contributed by atoms with Gasteiger partial charge in [0.15, 0.2) is 0 Å². The first kappa shape index (κ1) is 15.0. The van der Waals surface area contributed by atoms with Gasteiger partial charge in [-0.2, -0.15) is 0 Å². The first-order valence-corrected chi connectivity index (χ1v) is 7.32. The summed E-state index contributed by atoms with van der Waals surface area (Å²) in [5.74, 6) is -1.79. The number of halogens is 4. The Balaban J connectivity index is 2.18. The lowest BCUT2D eigenvalue weighted by Crippen LogP contribution is -2.20. The van der Waals surface area contributed by atoms with Crippen molar-refractivity contribution in [2.75, 3.05) is 6.54 Å². The summed E-state index contributed by atoms with van der Waals surface area (Å²) >= 11 is 6.01. The Labute approximate surface area is 131 Å². The lowest BCUT2D eigenvalue weighted by molar-refractivity contribution is 0.582. The molecule has 1 aliphatic rings. The number of allylic oxidation sites excluding steroid dienone is 1. The molecule has 1 N–H and O–H groups in total. The molecule has 0 unspecified atom stereocenters. The van der Waals surface area contributed by atoms with Crippen LogP contribution in [0.25, 0.3) is 11.3 Å². The third-order valence-electron chi connectivity index (χ3n) is 3.66. The maximum absolute atomic E-state index is 13.7. The van der Waals surface area contributed by atoms with Gasteiger partial charge in [-0.1, -0.05) is 11.6 Å². The summed E-state index contributed by atoms with van der Waals surface area (Å²) in [7, 11) is 0. The SMILES string of the molecule is Fc1ccc(C2=C(c3cc(F)cc(F)c3Cl)CCCN2)cc1. The molecule has 0 bridgehead atoms. The minimum atomic E-state index is -0.784. The molecule has 0 amide bonds.